The molecule has 0 saturated carbocycles. The summed E-state index contributed by atoms with van der Waals surface area (Å²) in [6.07, 6.45) is 2.06. The van der Waals surface area contributed by atoms with Gasteiger partial charge in [0, 0.05) is 43.0 Å². The Morgan fingerprint density at radius 2 is 2.10 bits per heavy atom. The van der Waals surface area contributed by atoms with Crippen LogP contribution in [0.1, 0.15) is 16.8 Å². The van der Waals surface area contributed by atoms with Crippen LogP contribution in [0.15, 0.2) is 24.3 Å². The lowest BCUT2D eigenvalue weighted by Gasteiger charge is -2.25. The number of aromatic nitrogens is 2. The van der Waals surface area contributed by atoms with Crippen LogP contribution in [0.5, 0.6) is 0 Å². The van der Waals surface area contributed by atoms with Crippen LogP contribution in [0.25, 0.3) is 0 Å². The van der Waals surface area contributed by atoms with Crippen molar-refractivity contribution < 1.29 is 0 Å². The molecule has 0 saturated heterocycles. The molecule has 0 radical (unpaired) electrons. The third-order valence-electron chi connectivity index (χ3n) is 4.10. The Hall–Kier alpha value is -1.72. The molecule has 1 aromatic heterocycles. The van der Waals surface area contributed by atoms with Crippen molar-refractivity contribution in [1.29, 1.82) is 0 Å². The van der Waals surface area contributed by atoms with Gasteiger partial charge in [-0.1, -0.05) is 18.2 Å². The number of nitrogens with one attached hydrogen (secondary N) is 2. The van der Waals surface area contributed by atoms with E-state index in [-0.39, 0.29) is 0 Å². The van der Waals surface area contributed by atoms with Crippen molar-refractivity contribution in [1.82, 2.24) is 15.3 Å². The van der Waals surface area contributed by atoms with Crippen LogP contribution in [-0.2, 0) is 19.4 Å². The molecule has 2 aliphatic heterocycles. The van der Waals surface area contributed by atoms with E-state index in [0.29, 0.717) is 4.77 Å². The minimum absolute atomic E-state index is 0.588. The first-order valence-electron chi connectivity index (χ1n) is 7.01. The van der Waals surface area contributed by atoms with Crippen molar-refractivity contribution in [3.63, 3.8) is 0 Å². The molecule has 4 nitrogen and oxygen atoms in total. The SMILES string of the molecule is S=c1nc(N2CCc3ccccc32)c2c([nH]1)CCNC2. The van der Waals surface area contributed by atoms with Gasteiger partial charge in [0.1, 0.15) is 5.82 Å². The maximum atomic E-state index is 5.31. The summed E-state index contributed by atoms with van der Waals surface area (Å²) in [7, 11) is 0. The number of nitrogens with zero attached hydrogens (tertiary/aromatic N) is 2. The summed E-state index contributed by atoms with van der Waals surface area (Å²) in [6, 6.07) is 8.56. The first-order chi connectivity index (χ1) is 9.83. The van der Waals surface area contributed by atoms with Crippen molar-refractivity contribution in [3.05, 3.63) is 45.9 Å². The van der Waals surface area contributed by atoms with E-state index in [1.165, 1.54) is 22.5 Å². The maximum Gasteiger partial charge on any atom is 0.198 e. The average Bonchev–Trinajstić information content (AvgIpc) is 2.90. The summed E-state index contributed by atoms with van der Waals surface area (Å²) >= 11 is 5.31. The van der Waals surface area contributed by atoms with Crippen LogP contribution >= 0.6 is 12.2 Å². The topological polar surface area (TPSA) is 44.0 Å². The second-order valence-corrected chi connectivity index (χ2v) is 5.67. The molecule has 2 aromatic rings. The van der Waals surface area contributed by atoms with Gasteiger partial charge < -0.3 is 15.2 Å². The summed E-state index contributed by atoms with van der Waals surface area (Å²) < 4.78 is 0.588. The monoisotopic (exact) mass is 284 g/mol. The van der Waals surface area contributed by atoms with E-state index >= 15 is 0 Å². The highest BCUT2D eigenvalue weighted by atomic mass is 32.1. The molecule has 5 heteroatoms. The Morgan fingerprint density at radius 3 is 3.05 bits per heavy atom. The first kappa shape index (κ1) is 12.1. The molecule has 0 atom stereocenters. The Kier molecular flexibility index (Phi) is 2.82. The molecule has 102 valence electrons. The van der Waals surface area contributed by atoms with Gasteiger partial charge in [-0.25, -0.2) is 4.98 Å². The minimum atomic E-state index is 0.588. The largest absolute Gasteiger partial charge is 0.334 e. The Balaban J connectivity index is 1.88. The zero-order valence-electron chi connectivity index (χ0n) is 11.1. The first-order valence-corrected chi connectivity index (χ1v) is 7.42. The Bertz CT molecular complexity index is 722. The third-order valence-corrected chi connectivity index (χ3v) is 4.29. The van der Waals surface area contributed by atoms with Gasteiger partial charge in [-0.05, 0) is 30.3 Å². The number of hydrogen-bond donors (Lipinski definition) is 2. The molecule has 2 aliphatic rings. The molecule has 2 N–H and O–H groups in total. The zero-order valence-corrected chi connectivity index (χ0v) is 12.0. The van der Waals surface area contributed by atoms with Gasteiger partial charge in [-0.2, -0.15) is 0 Å². The molecule has 0 unspecified atom stereocenters. The standard InChI is InChI=1S/C15H16N4S/c20-15-17-12-5-7-16-9-11(12)14(18-15)19-8-6-10-3-1-2-4-13(10)19/h1-4,16H,5-9H2,(H,17,18,20). The fourth-order valence-electron chi connectivity index (χ4n) is 3.14. The highest BCUT2D eigenvalue weighted by Gasteiger charge is 2.25. The molecule has 0 spiro atoms. The number of hydrogen-bond acceptors (Lipinski definition) is 4. The van der Waals surface area contributed by atoms with E-state index in [1.807, 2.05) is 0 Å². The van der Waals surface area contributed by atoms with Crippen LogP contribution in [-0.4, -0.2) is 23.1 Å². The van der Waals surface area contributed by atoms with Crippen LogP contribution in [0.4, 0.5) is 11.5 Å². The van der Waals surface area contributed by atoms with Gasteiger partial charge in [0.05, 0.1) is 0 Å². The number of rotatable bonds is 1. The highest BCUT2D eigenvalue weighted by molar-refractivity contribution is 7.71. The number of H-pyrrole nitrogens is 1. The predicted octanol–water partition coefficient (Wildman–Crippen LogP) is 2.48. The van der Waals surface area contributed by atoms with Gasteiger partial charge in [-0.3, -0.25) is 0 Å². The molecular formula is C15H16N4S. The molecule has 0 bridgehead atoms. The molecule has 0 fully saturated rings. The average molecular weight is 284 g/mol. The lowest BCUT2D eigenvalue weighted by molar-refractivity contribution is 0.623. The van der Waals surface area contributed by atoms with E-state index in [0.717, 1.165) is 38.3 Å². The lowest BCUT2D eigenvalue weighted by atomic mass is 10.1. The van der Waals surface area contributed by atoms with Crippen LogP contribution in [0.2, 0.25) is 0 Å². The molecule has 0 amide bonds. The Labute approximate surface area is 122 Å². The van der Waals surface area contributed by atoms with Crippen molar-refractivity contribution in [2.24, 2.45) is 0 Å². The van der Waals surface area contributed by atoms with Gasteiger partial charge >= 0.3 is 0 Å². The number of para-hydroxylation sites is 1. The van der Waals surface area contributed by atoms with Crippen molar-refractivity contribution in [2.75, 3.05) is 18.0 Å². The fraction of sp³-hybridized carbons (Fsp3) is 0.333. The molecule has 1 aromatic carbocycles. The molecule has 3 heterocycles. The van der Waals surface area contributed by atoms with Gasteiger partial charge in [-0.15, -0.1) is 0 Å². The summed E-state index contributed by atoms with van der Waals surface area (Å²) in [6.45, 7) is 2.85. The summed E-state index contributed by atoms with van der Waals surface area (Å²) in [5.74, 6) is 1.03. The predicted molar refractivity (Wildman–Crippen MR) is 82.0 cm³/mol. The van der Waals surface area contributed by atoms with Crippen molar-refractivity contribution in [2.45, 2.75) is 19.4 Å². The normalized spacial score (nSPS) is 16.9. The number of fused-ring (bicyclic) bond motifs is 2. The van der Waals surface area contributed by atoms with E-state index in [9.17, 15) is 0 Å². The van der Waals surface area contributed by atoms with E-state index < -0.39 is 0 Å². The fourth-order valence-corrected chi connectivity index (χ4v) is 3.35. The van der Waals surface area contributed by atoms with Crippen molar-refractivity contribution in [3.8, 4) is 0 Å². The Morgan fingerprint density at radius 1 is 1.20 bits per heavy atom. The second kappa shape index (κ2) is 4.68. The van der Waals surface area contributed by atoms with E-state index in [1.54, 1.807) is 0 Å². The second-order valence-electron chi connectivity index (χ2n) is 5.28. The molecule has 20 heavy (non-hydrogen) atoms. The molecule has 0 aliphatic carbocycles. The summed E-state index contributed by atoms with van der Waals surface area (Å²) in [5.41, 5.74) is 5.17. The molecular weight excluding hydrogens is 268 g/mol. The number of anilines is 2. The summed E-state index contributed by atoms with van der Waals surface area (Å²) in [5, 5.41) is 3.43. The third kappa shape index (κ3) is 1.85. The lowest BCUT2D eigenvalue weighted by Crippen LogP contribution is -2.28. The van der Waals surface area contributed by atoms with Gasteiger partial charge in [0.15, 0.2) is 4.77 Å². The van der Waals surface area contributed by atoms with Gasteiger partial charge in [0.25, 0.3) is 0 Å². The van der Waals surface area contributed by atoms with Crippen LogP contribution < -0.4 is 10.2 Å². The number of aromatic amines is 1. The van der Waals surface area contributed by atoms with E-state index in [4.69, 9.17) is 12.2 Å². The summed E-state index contributed by atoms with van der Waals surface area (Å²) in [4.78, 5) is 10.2. The quantitative estimate of drug-likeness (QED) is 0.790. The zero-order chi connectivity index (χ0) is 13.5. The highest BCUT2D eigenvalue weighted by Crippen LogP contribution is 2.35. The van der Waals surface area contributed by atoms with Gasteiger partial charge in [0.2, 0.25) is 0 Å². The smallest absolute Gasteiger partial charge is 0.198 e. The maximum absolute atomic E-state index is 5.31. The van der Waals surface area contributed by atoms with Crippen LogP contribution in [0.3, 0.4) is 0 Å². The molecule has 4 rings (SSSR count). The van der Waals surface area contributed by atoms with Crippen LogP contribution in [0, 0.1) is 4.77 Å². The number of benzene rings is 1. The minimum Gasteiger partial charge on any atom is -0.334 e. The van der Waals surface area contributed by atoms with Crippen molar-refractivity contribution >= 4 is 23.7 Å². The van der Waals surface area contributed by atoms with E-state index in [2.05, 4.69) is 44.5 Å².